The van der Waals surface area contributed by atoms with Gasteiger partial charge in [0.2, 0.25) is 0 Å². The van der Waals surface area contributed by atoms with Gasteiger partial charge in [-0.2, -0.15) is 21.6 Å². The zero-order chi connectivity index (χ0) is 24.8. The molecule has 184 valence electrons. The molecule has 2 fully saturated rings. The fourth-order valence-corrected chi connectivity index (χ4v) is 5.66. The van der Waals surface area contributed by atoms with E-state index in [1.54, 1.807) is 37.3 Å². The summed E-state index contributed by atoms with van der Waals surface area (Å²) >= 11 is 0. The highest BCUT2D eigenvalue weighted by Gasteiger charge is 2.36. The van der Waals surface area contributed by atoms with E-state index < -0.39 is 21.8 Å². The Labute approximate surface area is 201 Å². The molecule has 2 N–H and O–H groups in total. The lowest BCUT2D eigenvalue weighted by Crippen LogP contribution is -2.51. The average Bonchev–Trinajstić information content (AvgIpc) is 3.15. The lowest BCUT2D eigenvalue weighted by atomic mass is 10.0. The van der Waals surface area contributed by atoms with E-state index in [0.717, 1.165) is 38.1 Å². The number of fused-ring (bicyclic) bond motifs is 2. The second-order valence-corrected chi connectivity index (χ2v) is 10.5. The van der Waals surface area contributed by atoms with Crippen LogP contribution in [0.1, 0.15) is 24.0 Å². The van der Waals surface area contributed by atoms with E-state index in [2.05, 4.69) is 24.9 Å². The van der Waals surface area contributed by atoms with Crippen molar-refractivity contribution in [3.05, 3.63) is 65.7 Å². The fraction of sp³-hybridized carbons (Fsp3) is 0.333. The normalized spacial score (nSPS) is 20.2. The molecule has 7 nitrogen and oxygen atoms in total. The van der Waals surface area contributed by atoms with Crippen molar-refractivity contribution in [2.75, 3.05) is 22.7 Å². The number of hydrogen-bond donors (Lipinski definition) is 2. The molecule has 2 aliphatic rings. The lowest BCUT2D eigenvalue weighted by Gasteiger charge is -2.33. The van der Waals surface area contributed by atoms with E-state index in [0.29, 0.717) is 23.5 Å². The summed E-state index contributed by atoms with van der Waals surface area (Å²) in [6.45, 7) is 3.15. The van der Waals surface area contributed by atoms with Crippen LogP contribution in [-0.4, -0.2) is 43.6 Å². The first-order valence-electron chi connectivity index (χ1n) is 11.3. The molecule has 2 bridgehead atoms. The number of nitrogens with one attached hydrogen (secondary N) is 2. The number of aryl methyl sites for hydroxylation is 1. The zero-order valence-corrected chi connectivity index (χ0v) is 19.7. The van der Waals surface area contributed by atoms with Crippen molar-refractivity contribution in [1.82, 2.24) is 15.3 Å². The molecule has 5 rings (SSSR count). The molecule has 35 heavy (non-hydrogen) atoms. The van der Waals surface area contributed by atoms with Gasteiger partial charge >= 0.3 is 6.18 Å². The molecular formula is C24H24F3N5O2S. The van der Waals surface area contributed by atoms with Crippen molar-refractivity contribution < 1.29 is 21.6 Å². The van der Waals surface area contributed by atoms with Gasteiger partial charge in [0, 0.05) is 30.7 Å². The average molecular weight is 504 g/mol. The van der Waals surface area contributed by atoms with Crippen LogP contribution in [0.5, 0.6) is 0 Å². The molecule has 1 aromatic carbocycles. The molecule has 0 radical (unpaired) electrons. The Kier molecular flexibility index (Phi) is 5.92. The first-order valence-corrected chi connectivity index (χ1v) is 12.7. The topological polar surface area (TPSA) is 87.2 Å². The van der Waals surface area contributed by atoms with Crippen LogP contribution in [0.4, 0.5) is 24.8 Å². The van der Waals surface area contributed by atoms with Crippen molar-refractivity contribution in [3.63, 3.8) is 0 Å². The smallest absolute Gasteiger partial charge is 0.353 e. The quantitative estimate of drug-likeness (QED) is 0.543. The number of benzene rings is 1. The van der Waals surface area contributed by atoms with Crippen molar-refractivity contribution in [2.24, 2.45) is 0 Å². The summed E-state index contributed by atoms with van der Waals surface area (Å²) in [6.07, 6.45) is -2.51. The van der Waals surface area contributed by atoms with Gasteiger partial charge in [-0.1, -0.05) is 30.3 Å². The highest BCUT2D eigenvalue weighted by Crippen LogP contribution is 2.38. The summed E-state index contributed by atoms with van der Waals surface area (Å²) in [7, 11) is -4.19. The summed E-state index contributed by atoms with van der Waals surface area (Å²) in [5.41, 5.74) is -0.420. The van der Waals surface area contributed by atoms with E-state index >= 15 is 0 Å². The van der Waals surface area contributed by atoms with E-state index in [1.807, 2.05) is 0 Å². The molecule has 0 saturated carbocycles. The molecule has 2 aromatic heterocycles. The summed E-state index contributed by atoms with van der Waals surface area (Å²) in [6, 6.07) is 13.8. The van der Waals surface area contributed by atoms with Crippen LogP contribution in [0.25, 0.3) is 11.3 Å². The second-order valence-electron chi connectivity index (χ2n) is 8.89. The fourth-order valence-electron chi connectivity index (χ4n) is 4.69. The van der Waals surface area contributed by atoms with E-state index in [-0.39, 0.29) is 22.1 Å². The van der Waals surface area contributed by atoms with Gasteiger partial charge in [0.25, 0.3) is 10.0 Å². The number of nitrogens with zero attached hydrogens (tertiary/aromatic N) is 3. The Bertz CT molecular complexity index is 1350. The number of hydrogen-bond acceptors (Lipinski definition) is 6. The summed E-state index contributed by atoms with van der Waals surface area (Å²) in [5, 5.41) is 3.29. The predicted molar refractivity (Wildman–Crippen MR) is 127 cm³/mol. The molecule has 2 atom stereocenters. The Morgan fingerprint density at radius 3 is 2.37 bits per heavy atom. The number of aromatic nitrogens is 2. The van der Waals surface area contributed by atoms with Crippen LogP contribution in [0.15, 0.2) is 59.6 Å². The molecule has 2 aliphatic heterocycles. The molecule has 11 heteroatoms. The zero-order valence-electron chi connectivity index (χ0n) is 18.9. The number of alkyl halides is 3. The molecule has 0 amide bonds. The predicted octanol–water partition coefficient (Wildman–Crippen LogP) is 4.21. The van der Waals surface area contributed by atoms with Crippen molar-refractivity contribution in [1.29, 1.82) is 0 Å². The Morgan fingerprint density at radius 2 is 1.69 bits per heavy atom. The molecule has 2 saturated heterocycles. The highest BCUT2D eigenvalue weighted by atomic mass is 32.2. The van der Waals surface area contributed by atoms with Gasteiger partial charge in [0.1, 0.15) is 11.6 Å². The maximum Gasteiger partial charge on any atom is 0.418 e. The Morgan fingerprint density at radius 1 is 0.971 bits per heavy atom. The largest absolute Gasteiger partial charge is 0.418 e. The van der Waals surface area contributed by atoms with Gasteiger partial charge in [0.15, 0.2) is 5.03 Å². The van der Waals surface area contributed by atoms with Gasteiger partial charge < -0.3 is 10.2 Å². The standard InChI is InChI=1S/C24H24F3N5O2S/c1-15-5-2-3-6-18(15)23-19(24(25,26)27)11-12-20(29-23)31-35(33,34)22-8-4-7-21(30-22)32-13-16-9-10-17(14-32)28-16/h2-8,11-12,16-17,28H,9-10,13-14H2,1H3,(H,29,31). The molecule has 0 spiro atoms. The van der Waals surface area contributed by atoms with Crippen molar-refractivity contribution in [2.45, 2.75) is 43.1 Å². The van der Waals surface area contributed by atoms with Crippen LogP contribution in [0, 0.1) is 6.92 Å². The number of halogens is 3. The van der Waals surface area contributed by atoms with Gasteiger partial charge in [-0.25, -0.2) is 9.97 Å². The summed E-state index contributed by atoms with van der Waals surface area (Å²) in [4.78, 5) is 10.5. The minimum atomic E-state index is -4.65. The SMILES string of the molecule is Cc1ccccc1-c1nc(NS(=O)(=O)c2cccc(N3CC4CCC(C3)N4)n2)ccc1C(F)(F)F. The monoisotopic (exact) mass is 503 g/mol. The van der Waals surface area contributed by atoms with Crippen molar-refractivity contribution in [3.8, 4) is 11.3 Å². The van der Waals surface area contributed by atoms with Gasteiger partial charge in [-0.05, 0) is 49.6 Å². The second kappa shape index (κ2) is 8.80. The summed E-state index contributed by atoms with van der Waals surface area (Å²) in [5.74, 6) is 0.330. The van der Waals surface area contributed by atoms with Crippen LogP contribution >= 0.6 is 0 Å². The van der Waals surface area contributed by atoms with Crippen LogP contribution in [0.2, 0.25) is 0 Å². The highest BCUT2D eigenvalue weighted by molar-refractivity contribution is 7.92. The lowest BCUT2D eigenvalue weighted by molar-refractivity contribution is -0.137. The number of rotatable bonds is 5. The first kappa shape index (κ1) is 23.6. The van der Waals surface area contributed by atoms with E-state index in [1.165, 1.54) is 12.1 Å². The first-order chi connectivity index (χ1) is 16.6. The molecule has 2 unspecified atom stereocenters. The Balaban J connectivity index is 1.46. The molecule has 0 aliphatic carbocycles. The van der Waals surface area contributed by atoms with Crippen molar-refractivity contribution >= 4 is 21.7 Å². The minimum Gasteiger partial charge on any atom is -0.353 e. The Hall–Kier alpha value is -3.18. The van der Waals surface area contributed by atoms with Crippen LogP contribution in [-0.2, 0) is 16.2 Å². The minimum absolute atomic E-state index is 0.219. The third-order valence-corrected chi connectivity index (χ3v) is 7.62. The molecular weight excluding hydrogens is 479 g/mol. The van der Waals surface area contributed by atoms with E-state index in [4.69, 9.17) is 0 Å². The number of pyridine rings is 2. The number of anilines is 2. The maximum atomic E-state index is 13.7. The maximum absolute atomic E-state index is 13.7. The van der Waals surface area contributed by atoms with Crippen LogP contribution < -0.4 is 14.9 Å². The van der Waals surface area contributed by atoms with E-state index in [9.17, 15) is 21.6 Å². The third kappa shape index (κ3) is 4.83. The molecule has 3 aromatic rings. The summed E-state index contributed by atoms with van der Waals surface area (Å²) < 4.78 is 69.6. The van der Waals surface area contributed by atoms with Gasteiger partial charge in [0.05, 0.1) is 11.3 Å². The number of piperazine rings is 1. The van der Waals surface area contributed by atoms with Gasteiger partial charge in [-0.3, -0.25) is 4.72 Å². The molecule has 4 heterocycles. The van der Waals surface area contributed by atoms with Crippen LogP contribution in [0.3, 0.4) is 0 Å². The van der Waals surface area contributed by atoms with Gasteiger partial charge in [-0.15, -0.1) is 0 Å². The third-order valence-electron chi connectivity index (χ3n) is 6.36. The number of sulfonamides is 1.